The third-order valence-electron chi connectivity index (χ3n) is 5.65. The number of carbonyl (C=O) groups excluding carboxylic acids is 2. The van der Waals surface area contributed by atoms with E-state index < -0.39 is 18.2 Å². The third-order valence-corrected chi connectivity index (χ3v) is 5.65. The number of fused-ring (bicyclic) bond motifs is 1. The predicted octanol–water partition coefficient (Wildman–Crippen LogP) is 3.61. The summed E-state index contributed by atoms with van der Waals surface area (Å²) in [6.45, 7) is 3.45. The Balaban J connectivity index is 1.44. The molecule has 3 amide bonds. The maximum Gasteiger partial charge on any atom is 0.322 e. The average Bonchev–Trinajstić information content (AvgIpc) is 3.16. The molecule has 2 aliphatic heterocycles. The number of hydrogen-bond acceptors (Lipinski definition) is 3. The van der Waals surface area contributed by atoms with E-state index in [4.69, 9.17) is 4.74 Å². The van der Waals surface area contributed by atoms with Gasteiger partial charge in [0.15, 0.2) is 0 Å². The fourth-order valence-corrected chi connectivity index (χ4v) is 4.13. The van der Waals surface area contributed by atoms with Crippen LogP contribution >= 0.6 is 0 Å². The lowest BCUT2D eigenvalue weighted by atomic mass is 9.99. The lowest BCUT2D eigenvalue weighted by Gasteiger charge is -2.33. The smallest absolute Gasteiger partial charge is 0.322 e. The monoisotopic (exact) mass is 411 g/mol. The van der Waals surface area contributed by atoms with Crippen molar-refractivity contribution in [1.29, 1.82) is 0 Å². The summed E-state index contributed by atoms with van der Waals surface area (Å²) >= 11 is 0. The van der Waals surface area contributed by atoms with Gasteiger partial charge in [-0.05, 0) is 48.7 Å². The molecule has 0 aliphatic carbocycles. The number of nitrogens with zero attached hydrogens (tertiary/aromatic N) is 2. The first-order valence-electron chi connectivity index (χ1n) is 10.3. The summed E-state index contributed by atoms with van der Waals surface area (Å²) in [4.78, 5) is 29.0. The van der Waals surface area contributed by atoms with Gasteiger partial charge in [-0.1, -0.05) is 24.3 Å². The van der Waals surface area contributed by atoms with Crippen LogP contribution in [0.3, 0.4) is 0 Å². The van der Waals surface area contributed by atoms with E-state index in [2.05, 4.69) is 11.4 Å². The van der Waals surface area contributed by atoms with Crippen molar-refractivity contribution in [2.24, 2.45) is 0 Å². The zero-order valence-corrected chi connectivity index (χ0v) is 17.0. The highest BCUT2D eigenvalue weighted by Gasteiger charge is 2.42. The van der Waals surface area contributed by atoms with Crippen molar-refractivity contribution in [2.45, 2.75) is 38.5 Å². The van der Waals surface area contributed by atoms with Crippen LogP contribution in [0, 0.1) is 0 Å². The van der Waals surface area contributed by atoms with Crippen LogP contribution in [-0.4, -0.2) is 53.6 Å². The van der Waals surface area contributed by atoms with Gasteiger partial charge in [0.2, 0.25) is 5.91 Å². The van der Waals surface area contributed by atoms with Gasteiger partial charge >= 0.3 is 6.03 Å². The van der Waals surface area contributed by atoms with Crippen molar-refractivity contribution in [3.63, 3.8) is 0 Å². The second-order valence-electron chi connectivity index (χ2n) is 7.67. The molecule has 158 valence electrons. The zero-order valence-electron chi connectivity index (χ0n) is 17.0. The number of likely N-dealkylation sites (tertiary alicyclic amines) is 1. The Hall–Kier alpha value is -3.09. The van der Waals surface area contributed by atoms with E-state index in [1.165, 1.54) is 10.5 Å². The summed E-state index contributed by atoms with van der Waals surface area (Å²) in [5.74, 6) is 0.519. The Morgan fingerprint density at radius 2 is 1.87 bits per heavy atom. The average molecular weight is 411 g/mol. The molecule has 7 heteroatoms. The van der Waals surface area contributed by atoms with Gasteiger partial charge in [-0.2, -0.15) is 0 Å². The van der Waals surface area contributed by atoms with Crippen molar-refractivity contribution in [1.82, 2.24) is 9.80 Å². The van der Waals surface area contributed by atoms with E-state index in [-0.39, 0.29) is 18.9 Å². The highest BCUT2D eigenvalue weighted by Crippen LogP contribution is 2.26. The summed E-state index contributed by atoms with van der Waals surface area (Å²) in [6, 6.07) is 13.8. The van der Waals surface area contributed by atoms with E-state index in [9.17, 15) is 14.0 Å². The van der Waals surface area contributed by atoms with Gasteiger partial charge in [-0.15, -0.1) is 0 Å². The van der Waals surface area contributed by atoms with Crippen LogP contribution in [0.1, 0.15) is 24.5 Å². The van der Waals surface area contributed by atoms with Gasteiger partial charge in [-0.3, -0.25) is 4.79 Å². The van der Waals surface area contributed by atoms with Crippen LogP contribution < -0.4 is 10.1 Å². The fraction of sp³-hybridized carbons (Fsp3) is 0.391. The topological polar surface area (TPSA) is 61.9 Å². The van der Waals surface area contributed by atoms with Crippen molar-refractivity contribution in [3.05, 3.63) is 59.7 Å². The number of rotatable bonds is 4. The van der Waals surface area contributed by atoms with Gasteiger partial charge in [-0.25, -0.2) is 9.18 Å². The minimum absolute atomic E-state index is 0.0354. The molecule has 2 atom stereocenters. The molecule has 1 N–H and O–H groups in total. The number of halogens is 1. The summed E-state index contributed by atoms with van der Waals surface area (Å²) in [6.07, 6.45) is -0.401. The van der Waals surface area contributed by atoms with Crippen LogP contribution in [0.4, 0.5) is 14.9 Å². The zero-order chi connectivity index (χ0) is 21.1. The minimum Gasteiger partial charge on any atom is -0.494 e. The van der Waals surface area contributed by atoms with E-state index in [1.54, 1.807) is 29.2 Å². The molecule has 0 radical (unpaired) electrons. The fourth-order valence-electron chi connectivity index (χ4n) is 4.13. The lowest BCUT2D eigenvalue weighted by molar-refractivity contribution is -0.136. The minimum atomic E-state index is -1.21. The first kappa shape index (κ1) is 20.2. The maximum absolute atomic E-state index is 14.2. The number of nitrogens with one attached hydrogen (secondary N) is 1. The molecule has 0 saturated carbocycles. The summed E-state index contributed by atoms with van der Waals surface area (Å²) in [5.41, 5.74) is 2.92. The summed E-state index contributed by atoms with van der Waals surface area (Å²) in [5, 5.41) is 2.77. The predicted molar refractivity (Wildman–Crippen MR) is 112 cm³/mol. The number of anilines is 1. The molecule has 0 aromatic heterocycles. The standard InChI is InChI=1S/C23H26FN3O3/c1-2-30-20-9-7-19(8-10-20)25-23(29)27-15-18(24)13-21(27)22(28)26-12-11-16-5-3-4-6-17(16)14-26/h3-10,18,21H,2,11-15H2,1H3,(H,25,29). The molecule has 2 unspecified atom stereocenters. The van der Waals surface area contributed by atoms with Gasteiger partial charge in [0, 0.05) is 25.2 Å². The second kappa shape index (κ2) is 8.73. The number of carbonyl (C=O) groups is 2. The number of benzene rings is 2. The number of hydrogen-bond donors (Lipinski definition) is 1. The number of ether oxygens (including phenoxy) is 1. The lowest BCUT2D eigenvalue weighted by Crippen LogP contribution is -2.50. The summed E-state index contributed by atoms with van der Waals surface area (Å²) < 4.78 is 19.6. The van der Waals surface area contributed by atoms with E-state index >= 15 is 0 Å². The molecule has 0 bridgehead atoms. The Morgan fingerprint density at radius 3 is 2.60 bits per heavy atom. The first-order valence-corrected chi connectivity index (χ1v) is 10.3. The number of urea groups is 1. The number of amides is 3. The largest absolute Gasteiger partial charge is 0.494 e. The quantitative estimate of drug-likeness (QED) is 0.836. The molecule has 2 aromatic carbocycles. The normalized spacial score (nSPS) is 20.6. The molecule has 1 fully saturated rings. The first-order chi connectivity index (χ1) is 14.5. The van der Waals surface area contributed by atoms with Gasteiger partial charge in [0.25, 0.3) is 0 Å². The van der Waals surface area contributed by atoms with Crippen molar-refractivity contribution >= 4 is 17.6 Å². The Kier molecular flexibility index (Phi) is 5.88. The summed E-state index contributed by atoms with van der Waals surface area (Å²) in [7, 11) is 0. The van der Waals surface area contributed by atoms with Crippen LogP contribution in [0.15, 0.2) is 48.5 Å². The molecule has 6 nitrogen and oxygen atoms in total. The Labute approximate surface area is 175 Å². The highest BCUT2D eigenvalue weighted by atomic mass is 19.1. The Morgan fingerprint density at radius 1 is 1.13 bits per heavy atom. The molecular weight excluding hydrogens is 385 g/mol. The van der Waals surface area contributed by atoms with Crippen molar-refractivity contribution in [3.8, 4) is 5.75 Å². The van der Waals surface area contributed by atoms with E-state index in [0.717, 1.165) is 12.0 Å². The van der Waals surface area contributed by atoms with E-state index in [0.29, 0.717) is 31.1 Å². The van der Waals surface area contributed by atoms with Crippen LogP contribution in [-0.2, 0) is 17.8 Å². The van der Waals surface area contributed by atoms with Crippen LogP contribution in [0.5, 0.6) is 5.75 Å². The Bertz CT molecular complexity index is 918. The van der Waals surface area contributed by atoms with Crippen molar-refractivity contribution < 1.29 is 18.7 Å². The number of alkyl halides is 1. The van der Waals surface area contributed by atoms with Crippen LogP contribution in [0.25, 0.3) is 0 Å². The third kappa shape index (κ3) is 4.25. The molecular formula is C23H26FN3O3. The second-order valence-corrected chi connectivity index (χ2v) is 7.67. The molecule has 2 heterocycles. The van der Waals surface area contributed by atoms with Crippen molar-refractivity contribution in [2.75, 3.05) is 25.0 Å². The molecule has 4 rings (SSSR count). The molecule has 2 aliphatic rings. The molecule has 0 spiro atoms. The molecule has 1 saturated heterocycles. The molecule has 2 aromatic rings. The maximum atomic E-state index is 14.2. The van der Waals surface area contributed by atoms with Gasteiger partial charge in [0.1, 0.15) is 18.0 Å². The van der Waals surface area contributed by atoms with E-state index in [1.807, 2.05) is 25.1 Å². The van der Waals surface area contributed by atoms with Gasteiger partial charge in [0.05, 0.1) is 13.2 Å². The van der Waals surface area contributed by atoms with Crippen LogP contribution in [0.2, 0.25) is 0 Å². The highest BCUT2D eigenvalue weighted by molar-refractivity contribution is 5.94. The molecule has 30 heavy (non-hydrogen) atoms. The SMILES string of the molecule is CCOc1ccc(NC(=O)N2CC(F)CC2C(=O)N2CCc3ccccc3C2)cc1. The van der Waals surface area contributed by atoms with Gasteiger partial charge < -0.3 is 19.9 Å².